The maximum atomic E-state index is 10.5. The Kier molecular flexibility index (Phi) is 4.18. The SMILES string of the molecule is O=[N+]([O-])c1ccc(O)c(C(CCO)NO)c1. The number of non-ortho nitro benzene ring substituents is 1. The summed E-state index contributed by atoms with van der Waals surface area (Å²) in [5, 5.41) is 37.6. The summed E-state index contributed by atoms with van der Waals surface area (Å²) >= 11 is 0. The molecule has 1 aromatic rings. The molecule has 0 aliphatic carbocycles. The van der Waals surface area contributed by atoms with E-state index in [0.29, 0.717) is 0 Å². The van der Waals surface area contributed by atoms with Gasteiger partial charge in [0.1, 0.15) is 5.75 Å². The van der Waals surface area contributed by atoms with E-state index in [9.17, 15) is 15.2 Å². The molecule has 0 saturated carbocycles. The van der Waals surface area contributed by atoms with Crippen molar-refractivity contribution in [2.24, 2.45) is 0 Å². The van der Waals surface area contributed by atoms with Crippen molar-refractivity contribution in [3.63, 3.8) is 0 Å². The summed E-state index contributed by atoms with van der Waals surface area (Å²) in [6, 6.07) is 2.74. The molecule has 1 aromatic carbocycles. The Bertz CT molecular complexity index is 382. The number of phenols is 1. The number of phenolic OH excluding ortho intramolecular Hbond substituents is 1. The highest BCUT2D eigenvalue weighted by atomic mass is 16.6. The van der Waals surface area contributed by atoms with Gasteiger partial charge >= 0.3 is 0 Å². The number of hydroxylamine groups is 1. The normalized spacial score (nSPS) is 12.4. The molecular weight excluding hydrogens is 216 g/mol. The molecule has 0 saturated heterocycles. The Morgan fingerprint density at radius 2 is 2.19 bits per heavy atom. The van der Waals surface area contributed by atoms with E-state index >= 15 is 0 Å². The van der Waals surface area contributed by atoms with Crippen molar-refractivity contribution in [2.75, 3.05) is 6.61 Å². The van der Waals surface area contributed by atoms with Gasteiger partial charge in [-0.25, -0.2) is 0 Å². The highest BCUT2D eigenvalue weighted by Crippen LogP contribution is 2.29. The van der Waals surface area contributed by atoms with Crippen LogP contribution in [0.2, 0.25) is 0 Å². The van der Waals surface area contributed by atoms with Crippen LogP contribution >= 0.6 is 0 Å². The third kappa shape index (κ3) is 2.66. The molecule has 4 N–H and O–H groups in total. The van der Waals surface area contributed by atoms with Crippen molar-refractivity contribution < 1.29 is 20.3 Å². The fourth-order valence-corrected chi connectivity index (χ4v) is 1.35. The molecule has 0 aliphatic heterocycles. The fourth-order valence-electron chi connectivity index (χ4n) is 1.35. The third-order valence-corrected chi connectivity index (χ3v) is 2.17. The Hall–Kier alpha value is -1.70. The molecule has 1 rings (SSSR count). The van der Waals surface area contributed by atoms with Crippen molar-refractivity contribution in [1.29, 1.82) is 0 Å². The lowest BCUT2D eigenvalue weighted by Crippen LogP contribution is -2.18. The summed E-state index contributed by atoms with van der Waals surface area (Å²) in [6.45, 7) is -0.222. The van der Waals surface area contributed by atoms with E-state index in [4.69, 9.17) is 10.3 Å². The highest BCUT2D eigenvalue weighted by molar-refractivity contribution is 5.44. The number of aliphatic hydroxyl groups is 1. The van der Waals surface area contributed by atoms with Crippen molar-refractivity contribution >= 4 is 5.69 Å². The number of hydrogen-bond donors (Lipinski definition) is 4. The Labute approximate surface area is 91.1 Å². The van der Waals surface area contributed by atoms with Gasteiger partial charge < -0.3 is 15.4 Å². The number of aliphatic hydroxyl groups excluding tert-OH is 1. The van der Waals surface area contributed by atoms with Gasteiger partial charge in [-0.1, -0.05) is 0 Å². The van der Waals surface area contributed by atoms with E-state index < -0.39 is 11.0 Å². The molecule has 0 amide bonds. The molecule has 0 heterocycles. The molecule has 0 radical (unpaired) electrons. The van der Waals surface area contributed by atoms with E-state index in [0.717, 1.165) is 12.1 Å². The maximum absolute atomic E-state index is 10.5. The number of rotatable bonds is 5. The minimum Gasteiger partial charge on any atom is -0.508 e. The van der Waals surface area contributed by atoms with E-state index in [-0.39, 0.29) is 30.0 Å². The first-order chi connectivity index (χ1) is 7.60. The van der Waals surface area contributed by atoms with Crippen molar-refractivity contribution in [3.8, 4) is 5.75 Å². The van der Waals surface area contributed by atoms with Crippen molar-refractivity contribution in [3.05, 3.63) is 33.9 Å². The zero-order valence-corrected chi connectivity index (χ0v) is 8.33. The molecule has 88 valence electrons. The van der Waals surface area contributed by atoms with Crippen LogP contribution in [0.5, 0.6) is 5.75 Å². The smallest absolute Gasteiger partial charge is 0.270 e. The van der Waals surface area contributed by atoms with Gasteiger partial charge in [0.05, 0.1) is 11.0 Å². The monoisotopic (exact) mass is 228 g/mol. The minimum atomic E-state index is -0.745. The average molecular weight is 228 g/mol. The molecule has 0 aliphatic rings. The van der Waals surface area contributed by atoms with Gasteiger partial charge in [0, 0.05) is 24.3 Å². The van der Waals surface area contributed by atoms with Crippen LogP contribution < -0.4 is 5.48 Å². The first-order valence-electron chi connectivity index (χ1n) is 4.58. The second-order valence-corrected chi connectivity index (χ2v) is 3.19. The average Bonchev–Trinajstić information content (AvgIpc) is 2.26. The number of benzene rings is 1. The summed E-state index contributed by atoms with van der Waals surface area (Å²) in [5.74, 6) is -0.175. The summed E-state index contributed by atoms with van der Waals surface area (Å²) in [5.41, 5.74) is 1.87. The van der Waals surface area contributed by atoms with Crippen LogP contribution in [0.1, 0.15) is 18.0 Å². The van der Waals surface area contributed by atoms with Gasteiger partial charge in [-0.15, -0.1) is 0 Å². The van der Waals surface area contributed by atoms with Gasteiger partial charge in [-0.2, -0.15) is 5.48 Å². The van der Waals surface area contributed by atoms with E-state index in [1.165, 1.54) is 6.07 Å². The van der Waals surface area contributed by atoms with E-state index in [1.54, 1.807) is 0 Å². The maximum Gasteiger partial charge on any atom is 0.270 e. The molecule has 16 heavy (non-hydrogen) atoms. The predicted molar refractivity (Wildman–Crippen MR) is 54.1 cm³/mol. The van der Waals surface area contributed by atoms with E-state index in [2.05, 4.69) is 0 Å². The minimum absolute atomic E-state index is 0.130. The lowest BCUT2D eigenvalue weighted by atomic mass is 10.0. The van der Waals surface area contributed by atoms with Gasteiger partial charge in [0.2, 0.25) is 0 Å². The zero-order chi connectivity index (χ0) is 12.1. The lowest BCUT2D eigenvalue weighted by molar-refractivity contribution is -0.385. The van der Waals surface area contributed by atoms with Crippen LogP contribution in [0.3, 0.4) is 0 Å². The molecular formula is C9H12N2O5. The number of aromatic hydroxyl groups is 1. The number of nitro groups is 1. The standard InChI is InChI=1S/C9H12N2O5/c12-4-3-8(10-14)7-5-6(11(15)16)1-2-9(7)13/h1-2,5,8,10,12-14H,3-4H2. The van der Waals surface area contributed by atoms with Crippen LogP contribution in [0, 0.1) is 10.1 Å². The largest absolute Gasteiger partial charge is 0.508 e. The van der Waals surface area contributed by atoms with Crippen LogP contribution in [0.15, 0.2) is 18.2 Å². The summed E-state index contributed by atoms with van der Waals surface area (Å²) in [6.07, 6.45) is 0.130. The van der Waals surface area contributed by atoms with Gasteiger partial charge in [0.15, 0.2) is 0 Å². The Morgan fingerprint density at radius 1 is 1.50 bits per heavy atom. The van der Waals surface area contributed by atoms with Crippen LogP contribution in [-0.2, 0) is 0 Å². The van der Waals surface area contributed by atoms with Gasteiger partial charge in [0.25, 0.3) is 5.69 Å². The third-order valence-electron chi connectivity index (χ3n) is 2.17. The number of hydrogen-bond acceptors (Lipinski definition) is 6. The zero-order valence-electron chi connectivity index (χ0n) is 8.33. The Morgan fingerprint density at radius 3 is 2.69 bits per heavy atom. The van der Waals surface area contributed by atoms with Gasteiger partial charge in [-0.3, -0.25) is 10.1 Å². The first kappa shape index (κ1) is 12.4. The number of nitrogens with one attached hydrogen (secondary N) is 1. The fraction of sp³-hybridized carbons (Fsp3) is 0.333. The topological polar surface area (TPSA) is 116 Å². The van der Waals surface area contributed by atoms with Crippen molar-refractivity contribution in [2.45, 2.75) is 12.5 Å². The molecule has 1 unspecified atom stereocenters. The first-order valence-corrected chi connectivity index (χ1v) is 4.58. The van der Waals surface area contributed by atoms with Crippen LogP contribution in [0.4, 0.5) is 5.69 Å². The van der Waals surface area contributed by atoms with E-state index in [1.807, 2.05) is 5.48 Å². The molecule has 0 aromatic heterocycles. The molecule has 7 nitrogen and oxygen atoms in total. The molecule has 0 bridgehead atoms. The number of nitrogens with zero attached hydrogens (tertiary/aromatic N) is 1. The molecule has 7 heteroatoms. The predicted octanol–water partition coefficient (Wildman–Crippen LogP) is 0.703. The lowest BCUT2D eigenvalue weighted by Gasteiger charge is -2.15. The quantitative estimate of drug-likeness (QED) is 0.435. The molecule has 0 spiro atoms. The summed E-state index contributed by atoms with van der Waals surface area (Å²) < 4.78 is 0. The molecule has 0 fully saturated rings. The second kappa shape index (κ2) is 5.40. The van der Waals surface area contributed by atoms with Crippen LogP contribution in [-0.4, -0.2) is 27.0 Å². The second-order valence-electron chi connectivity index (χ2n) is 3.19. The summed E-state index contributed by atoms with van der Waals surface area (Å²) in [4.78, 5) is 9.92. The Balaban J connectivity index is 3.09. The van der Waals surface area contributed by atoms with Crippen molar-refractivity contribution in [1.82, 2.24) is 5.48 Å². The van der Waals surface area contributed by atoms with Gasteiger partial charge in [-0.05, 0) is 12.5 Å². The molecule has 1 atom stereocenters. The number of nitro benzene ring substituents is 1. The van der Waals surface area contributed by atoms with Crippen LogP contribution in [0.25, 0.3) is 0 Å². The summed E-state index contributed by atoms with van der Waals surface area (Å²) in [7, 11) is 0. The highest BCUT2D eigenvalue weighted by Gasteiger charge is 2.17.